The van der Waals surface area contributed by atoms with Crippen molar-refractivity contribution in [1.29, 1.82) is 0 Å². The molecule has 0 unspecified atom stereocenters. The highest BCUT2D eigenvalue weighted by atomic mass is 14.3. The number of benzene rings is 17. The molecule has 17 aromatic carbocycles. The van der Waals surface area contributed by atoms with Crippen molar-refractivity contribution in [2.24, 2.45) is 0 Å². The van der Waals surface area contributed by atoms with Gasteiger partial charge in [-0.1, -0.05) is 452 Å². The summed E-state index contributed by atoms with van der Waals surface area (Å²) in [7, 11) is 0. The van der Waals surface area contributed by atoms with Gasteiger partial charge in [0.1, 0.15) is 0 Å². The summed E-state index contributed by atoms with van der Waals surface area (Å²) in [6.45, 7) is 12.8. The number of hydrogen-bond donors (Lipinski definition) is 0. The summed E-state index contributed by atoms with van der Waals surface area (Å²) in [4.78, 5) is 0. The Balaban J connectivity index is 0.000000147. The Morgan fingerprint density at radius 1 is 0.0926 bits per heavy atom. The topological polar surface area (TPSA) is 0 Å². The normalized spacial score (nSPS) is 10.7. The number of hydrogen-bond acceptors (Lipinski definition) is 0. The van der Waals surface area contributed by atoms with E-state index < -0.39 is 0 Å². The minimum Gasteiger partial charge on any atom is -0.0622 e. The quantitative estimate of drug-likeness (QED) is 0.108. The van der Waals surface area contributed by atoms with E-state index in [0.717, 1.165) is 0 Å². The minimum atomic E-state index is 1.18. The molecule has 0 atom stereocenters. The first kappa shape index (κ1) is 71.7. The fourth-order valence-electron chi connectivity index (χ4n) is 15.5. The first-order valence-corrected chi connectivity index (χ1v) is 37.5. The first-order valence-electron chi connectivity index (χ1n) is 37.5. The van der Waals surface area contributed by atoms with Gasteiger partial charge in [-0.2, -0.15) is 0 Å². The highest BCUT2D eigenvalue weighted by molar-refractivity contribution is 6.17. The van der Waals surface area contributed by atoms with Crippen LogP contribution in [0.3, 0.4) is 0 Å². The van der Waals surface area contributed by atoms with Crippen LogP contribution < -0.4 is 0 Å². The monoisotopic (exact) mass is 1380 g/mol. The Morgan fingerprint density at radius 2 is 0.204 bits per heavy atom. The van der Waals surface area contributed by atoms with E-state index in [4.69, 9.17) is 0 Å². The predicted molar refractivity (Wildman–Crippen MR) is 465 cm³/mol. The number of rotatable bonds is 13. The van der Waals surface area contributed by atoms with Gasteiger partial charge in [0.15, 0.2) is 0 Å². The largest absolute Gasteiger partial charge is 0.0622 e. The molecule has 0 saturated heterocycles. The molecule has 17 aromatic rings. The van der Waals surface area contributed by atoms with E-state index in [0.29, 0.717) is 0 Å². The molecule has 0 saturated carbocycles. The van der Waals surface area contributed by atoms with Gasteiger partial charge in [-0.15, -0.1) is 0 Å². The molecule has 0 bridgehead atoms. The summed E-state index contributed by atoms with van der Waals surface area (Å²) in [6, 6.07) is 153. The molecule has 0 aliphatic heterocycles. The molecule has 0 heterocycles. The van der Waals surface area contributed by atoms with Crippen molar-refractivity contribution in [2.45, 2.75) is 41.5 Å². The molecular weight excluding hydrogens is 1300 g/mol. The fourth-order valence-corrected chi connectivity index (χ4v) is 15.5. The highest BCUT2D eigenvalue weighted by Gasteiger charge is 2.31. The summed E-state index contributed by atoms with van der Waals surface area (Å²) in [5.41, 5.74) is 39.6. The van der Waals surface area contributed by atoms with E-state index in [1.807, 2.05) is 0 Å². The van der Waals surface area contributed by atoms with E-state index in [1.54, 1.807) is 0 Å². The van der Waals surface area contributed by atoms with Crippen LogP contribution in [0.2, 0.25) is 0 Å². The van der Waals surface area contributed by atoms with E-state index in [1.165, 1.54) is 178 Å². The molecule has 0 radical (unpaired) electrons. The Labute approximate surface area is 640 Å². The molecule has 0 aliphatic carbocycles. The Morgan fingerprint density at radius 3 is 0.352 bits per heavy atom. The molecule has 0 spiro atoms. The second-order valence-electron chi connectivity index (χ2n) is 27.8. The maximum atomic E-state index is 2.37. The second kappa shape index (κ2) is 34.6. The van der Waals surface area contributed by atoms with E-state index in [2.05, 4.69) is 466 Å². The van der Waals surface area contributed by atoms with Gasteiger partial charge in [0.05, 0.1) is 0 Å². The van der Waals surface area contributed by atoms with Crippen LogP contribution in [-0.4, -0.2) is 0 Å². The molecule has 0 amide bonds. The van der Waals surface area contributed by atoms with Crippen LogP contribution >= 0.6 is 0 Å². The van der Waals surface area contributed by atoms with Crippen LogP contribution in [0.25, 0.3) is 145 Å². The Bertz CT molecular complexity index is 5100. The second-order valence-corrected chi connectivity index (χ2v) is 27.8. The molecule has 0 N–H and O–H groups in total. The zero-order chi connectivity index (χ0) is 74.0. The number of aryl methyl sites for hydroxylation is 6. The SMILES string of the molecule is Cc1cc(C)cc(C)c1.Cc1cc(C)cc(C)c1.c1ccc(-c2c(-c3ccccc3)c(-c3ccccc3)c(-c3ccccc3)c(-c3ccccc3)c2-c2ccccc2)cc1.c1ccc(-c2cccc(-c3c(-c4ccccc4)c(-c4ccccc4)c(-c4ccccc4)c(-c4ccccc4)c3-c3ccccc3)c2)cc1. The van der Waals surface area contributed by atoms with Crippen LogP contribution in [0.5, 0.6) is 0 Å². The average molecular weight is 1390 g/mol. The van der Waals surface area contributed by atoms with Crippen molar-refractivity contribution >= 4 is 0 Å². The third-order valence-electron chi connectivity index (χ3n) is 19.7. The summed E-state index contributed by atoms with van der Waals surface area (Å²) in [5.74, 6) is 0. The van der Waals surface area contributed by atoms with Crippen LogP contribution in [0.4, 0.5) is 0 Å². The van der Waals surface area contributed by atoms with Gasteiger partial charge < -0.3 is 0 Å². The fraction of sp³-hybridized carbons (Fsp3) is 0.0556. The lowest BCUT2D eigenvalue weighted by Crippen LogP contribution is -2.02. The lowest BCUT2D eigenvalue weighted by atomic mass is 9.74. The molecule has 0 aromatic heterocycles. The maximum Gasteiger partial charge on any atom is -0.00137 e. The predicted octanol–water partition coefficient (Wildman–Crippen LogP) is 30.3. The molecule has 0 heteroatoms. The van der Waals surface area contributed by atoms with E-state index >= 15 is 0 Å². The van der Waals surface area contributed by atoms with Gasteiger partial charge >= 0.3 is 0 Å². The van der Waals surface area contributed by atoms with Crippen molar-refractivity contribution in [1.82, 2.24) is 0 Å². The highest BCUT2D eigenvalue weighted by Crippen LogP contribution is 2.58. The molecule has 520 valence electrons. The summed E-state index contributed by atoms with van der Waals surface area (Å²) >= 11 is 0. The molecule has 0 nitrogen and oxygen atoms in total. The average Bonchev–Trinajstić information content (AvgIpc) is 0.722. The van der Waals surface area contributed by atoms with Gasteiger partial charge in [0.2, 0.25) is 0 Å². The smallest absolute Gasteiger partial charge is 0.00137 e. The third-order valence-corrected chi connectivity index (χ3v) is 19.7. The van der Waals surface area contributed by atoms with Gasteiger partial charge in [-0.05, 0) is 192 Å². The van der Waals surface area contributed by atoms with Gasteiger partial charge in [-0.25, -0.2) is 0 Å². The Hall–Kier alpha value is -13.3. The van der Waals surface area contributed by atoms with Crippen LogP contribution in [0.1, 0.15) is 33.4 Å². The zero-order valence-corrected chi connectivity index (χ0v) is 62.4. The van der Waals surface area contributed by atoms with Crippen molar-refractivity contribution in [2.75, 3.05) is 0 Å². The van der Waals surface area contributed by atoms with Crippen molar-refractivity contribution in [3.63, 3.8) is 0 Å². The molecule has 0 aliphatic rings. The van der Waals surface area contributed by atoms with Crippen LogP contribution in [0, 0.1) is 41.5 Å². The summed E-state index contributed by atoms with van der Waals surface area (Å²) in [6.07, 6.45) is 0. The molecule has 17 rings (SSSR count). The van der Waals surface area contributed by atoms with E-state index in [9.17, 15) is 0 Å². The summed E-state index contributed by atoms with van der Waals surface area (Å²) in [5, 5.41) is 0. The maximum absolute atomic E-state index is 2.37. The van der Waals surface area contributed by atoms with Crippen molar-refractivity contribution < 1.29 is 0 Å². The van der Waals surface area contributed by atoms with Gasteiger partial charge in [-0.3, -0.25) is 0 Å². The molecular formula is C108H88. The van der Waals surface area contributed by atoms with Crippen molar-refractivity contribution in [3.8, 4) is 145 Å². The Kier molecular flexibility index (Phi) is 22.9. The summed E-state index contributed by atoms with van der Waals surface area (Å²) < 4.78 is 0. The third kappa shape index (κ3) is 16.6. The van der Waals surface area contributed by atoms with Crippen LogP contribution in [0.15, 0.2) is 425 Å². The molecule has 108 heavy (non-hydrogen) atoms. The minimum absolute atomic E-state index is 1.18. The standard InChI is InChI=1S/C48H34.C42H30.2C9H12/c1-7-20-35(21-8-1)41-32-19-33-42(34-41)48-46(39-28-15-5-16-29-39)44(37-24-11-3-12-25-37)43(36-22-9-2-10-23-36)45(38-26-13-4-14-27-38)47(48)40-30-17-6-18-31-40;1-7-19-31(20-8-1)37-38(32-21-9-2-10-22-32)40(34-25-13-4-14-26-34)42(36-29-17-6-18-30-36)41(35-27-15-5-16-28-35)39(37)33-23-11-3-12-24-33;2*1-7-4-8(2)6-9(3)5-7/h1-34H;1-30H;2*4-6H,1-3H3. The lowest BCUT2D eigenvalue weighted by Gasteiger charge is -2.29. The van der Waals surface area contributed by atoms with Crippen molar-refractivity contribution in [3.05, 3.63) is 458 Å². The first-order chi connectivity index (χ1) is 53.1. The zero-order valence-electron chi connectivity index (χ0n) is 62.4. The van der Waals surface area contributed by atoms with E-state index in [-0.39, 0.29) is 0 Å². The lowest BCUT2D eigenvalue weighted by molar-refractivity contribution is 1.32. The van der Waals surface area contributed by atoms with Crippen LogP contribution in [-0.2, 0) is 0 Å². The van der Waals surface area contributed by atoms with Gasteiger partial charge in [0, 0.05) is 0 Å². The molecule has 0 fully saturated rings. The van der Waals surface area contributed by atoms with Gasteiger partial charge in [0.25, 0.3) is 0 Å².